The molecule has 0 bridgehead atoms. The highest BCUT2D eigenvalue weighted by Crippen LogP contribution is 2.14. The van der Waals surface area contributed by atoms with Gasteiger partial charge in [0.15, 0.2) is 0 Å². The lowest BCUT2D eigenvalue weighted by molar-refractivity contribution is 0.0953. The number of unbranched alkanes of at least 4 members (excludes halogenated alkanes) is 6. The molecule has 21 heavy (non-hydrogen) atoms. The molecule has 0 atom stereocenters. The zero-order valence-electron chi connectivity index (χ0n) is 14.0. The van der Waals surface area contributed by atoms with E-state index in [1.807, 2.05) is 24.3 Å². The molecule has 1 amide bonds. The predicted octanol–water partition coefficient (Wildman–Crippen LogP) is 5.29. The molecule has 0 aliphatic carbocycles. The largest absolute Gasteiger partial charge is 0.352 e. The van der Waals surface area contributed by atoms with Crippen molar-refractivity contribution in [2.24, 2.45) is 0 Å². The zero-order chi connectivity index (χ0) is 15.5. The highest BCUT2D eigenvalue weighted by molar-refractivity contribution is 5.94. The number of hydrogen-bond acceptors (Lipinski definition) is 1. The van der Waals surface area contributed by atoms with Crippen molar-refractivity contribution in [3.8, 4) is 0 Å². The Morgan fingerprint density at radius 3 is 2.10 bits per heavy atom. The van der Waals surface area contributed by atoms with Crippen molar-refractivity contribution in [3.63, 3.8) is 0 Å². The summed E-state index contributed by atoms with van der Waals surface area (Å²) < 4.78 is 0. The molecule has 1 aromatic rings. The van der Waals surface area contributed by atoms with Crippen LogP contribution in [-0.4, -0.2) is 12.5 Å². The standard InChI is InChI=1S/C19H31NO/c1-4-5-6-7-8-9-10-15-20-19(21)18-13-11-17(12-14-18)16(2)3/h11-14,16H,4-10,15H2,1-3H3,(H,20,21). The summed E-state index contributed by atoms with van der Waals surface area (Å²) in [6, 6.07) is 7.95. The van der Waals surface area contributed by atoms with E-state index in [9.17, 15) is 4.79 Å². The van der Waals surface area contributed by atoms with Gasteiger partial charge in [-0.25, -0.2) is 0 Å². The Labute approximate surface area is 130 Å². The molecule has 0 saturated heterocycles. The number of hydrogen-bond donors (Lipinski definition) is 1. The summed E-state index contributed by atoms with van der Waals surface area (Å²) in [4.78, 5) is 12.0. The van der Waals surface area contributed by atoms with E-state index in [-0.39, 0.29) is 5.91 Å². The molecule has 0 aromatic heterocycles. The fourth-order valence-electron chi connectivity index (χ4n) is 2.41. The maximum absolute atomic E-state index is 12.0. The number of nitrogens with one attached hydrogen (secondary N) is 1. The van der Waals surface area contributed by atoms with Crippen LogP contribution in [-0.2, 0) is 0 Å². The van der Waals surface area contributed by atoms with Crippen LogP contribution in [0.15, 0.2) is 24.3 Å². The van der Waals surface area contributed by atoms with Gasteiger partial charge in [-0.05, 0) is 30.0 Å². The molecule has 0 spiro atoms. The second-order valence-electron chi connectivity index (χ2n) is 6.15. The van der Waals surface area contributed by atoms with Crippen LogP contribution in [0.2, 0.25) is 0 Å². The van der Waals surface area contributed by atoms with Crippen LogP contribution in [0.25, 0.3) is 0 Å². The number of carbonyl (C=O) groups is 1. The summed E-state index contributed by atoms with van der Waals surface area (Å²) in [5, 5.41) is 3.01. The van der Waals surface area contributed by atoms with E-state index in [2.05, 4.69) is 26.1 Å². The van der Waals surface area contributed by atoms with Crippen molar-refractivity contribution in [2.75, 3.05) is 6.54 Å². The molecule has 0 fully saturated rings. The normalized spacial score (nSPS) is 10.9. The summed E-state index contributed by atoms with van der Waals surface area (Å²) in [6.45, 7) is 7.35. The Kier molecular flexibility index (Phi) is 8.80. The Balaban J connectivity index is 2.16. The molecular formula is C19H31NO. The maximum atomic E-state index is 12.0. The van der Waals surface area contributed by atoms with Crippen LogP contribution >= 0.6 is 0 Å². The SMILES string of the molecule is CCCCCCCCCNC(=O)c1ccc(C(C)C)cc1. The van der Waals surface area contributed by atoms with Gasteiger partial charge in [-0.15, -0.1) is 0 Å². The van der Waals surface area contributed by atoms with Crippen LogP contribution in [0.5, 0.6) is 0 Å². The predicted molar refractivity (Wildman–Crippen MR) is 90.9 cm³/mol. The van der Waals surface area contributed by atoms with Crippen LogP contribution in [0.1, 0.15) is 87.6 Å². The van der Waals surface area contributed by atoms with Crippen molar-refractivity contribution in [1.29, 1.82) is 0 Å². The summed E-state index contributed by atoms with van der Waals surface area (Å²) in [5.41, 5.74) is 2.04. The van der Waals surface area contributed by atoms with E-state index in [1.165, 1.54) is 44.1 Å². The van der Waals surface area contributed by atoms with Gasteiger partial charge in [0.1, 0.15) is 0 Å². The third-order valence-corrected chi connectivity index (χ3v) is 3.91. The monoisotopic (exact) mass is 289 g/mol. The first-order valence-electron chi connectivity index (χ1n) is 8.53. The summed E-state index contributed by atoms with van der Waals surface area (Å²) in [5.74, 6) is 0.561. The third kappa shape index (κ3) is 7.31. The molecular weight excluding hydrogens is 258 g/mol. The molecule has 2 heteroatoms. The van der Waals surface area contributed by atoms with Gasteiger partial charge in [0, 0.05) is 12.1 Å². The molecule has 0 aliphatic rings. The molecule has 1 N–H and O–H groups in total. The van der Waals surface area contributed by atoms with Crippen LogP contribution < -0.4 is 5.32 Å². The van der Waals surface area contributed by atoms with Gasteiger partial charge in [-0.1, -0.05) is 71.4 Å². The van der Waals surface area contributed by atoms with Crippen LogP contribution in [0.4, 0.5) is 0 Å². The molecule has 1 rings (SSSR count). The first-order valence-corrected chi connectivity index (χ1v) is 8.53. The van der Waals surface area contributed by atoms with E-state index >= 15 is 0 Å². The summed E-state index contributed by atoms with van der Waals surface area (Å²) in [7, 11) is 0. The zero-order valence-corrected chi connectivity index (χ0v) is 14.0. The summed E-state index contributed by atoms with van der Waals surface area (Å²) >= 11 is 0. The highest BCUT2D eigenvalue weighted by atomic mass is 16.1. The van der Waals surface area contributed by atoms with E-state index in [4.69, 9.17) is 0 Å². The van der Waals surface area contributed by atoms with Gasteiger partial charge >= 0.3 is 0 Å². The number of rotatable bonds is 10. The van der Waals surface area contributed by atoms with Gasteiger partial charge in [0.2, 0.25) is 0 Å². The van der Waals surface area contributed by atoms with Gasteiger partial charge in [-0.3, -0.25) is 4.79 Å². The molecule has 0 heterocycles. The Morgan fingerprint density at radius 2 is 1.52 bits per heavy atom. The van der Waals surface area contributed by atoms with E-state index in [0.29, 0.717) is 5.92 Å². The molecule has 0 saturated carbocycles. The minimum absolute atomic E-state index is 0.0521. The Bertz CT molecular complexity index is 395. The maximum Gasteiger partial charge on any atom is 0.251 e. The minimum atomic E-state index is 0.0521. The number of benzene rings is 1. The lowest BCUT2D eigenvalue weighted by Crippen LogP contribution is -2.24. The lowest BCUT2D eigenvalue weighted by atomic mass is 10.0. The number of amides is 1. The first-order chi connectivity index (χ1) is 10.1. The smallest absolute Gasteiger partial charge is 0.251 e. The van der Waals surface area contributed by atoms with E-state index < -0.39 is 0 Å². The first kappa shape index (κ1) is 17.7. The fraction of sp³-hybridized carbons (Fsp3) is 0.632. The Morgan fingerprint density at radius 1 is 0.952 bits per heavy atom. The van der Waals surface area contributed by atoms with Crippen LogP contribution in [0.3, 0.4) is 0 Å². The van der Waals surface area contributed by atoms with E-state index in [1.54, 1.807) is 0 Å². The quantitative estimate of drug-likeness (QED) is 0.582. The number of carbonyl (C=O) groups excluding carboxylic acids is 1. The van der Waals surface area contributed by atoms with Crippen molar-refractivity contribution >= 4 is 5.91 Å². The van der Waals surface area contributed by atoms with Gasteiger partial charge < -0.3 is 5.32 Å². The molecule has 2 nitrogen and oxygen atoms in total. The third-order valence-electron chi connectivity index (χ3n) is 3.91. The van der Waals surface area contributed by atoms with Crippen molar-refractivity contribution in [1.82, 2.24) is 5.32 Å². The topological polar surface area (TPSA) is 29.1 Å². The van der Waals surface area contributed by atoms with E-state index in [0.717, 1.165) is 18.5 Å². The minimum Gasteiger partial charge on any atom is -0.352 e. The molecule has 0 unspecified atom stereocenters. The average molecular weight is 289 g/mol. The van der Waals surface area contributed by atoms with Crippen molar-refractivity contribution in [3.05, 3.63) is 35.4 Å². The lowest BCUT2D eigenvalue weighted by Gasteiger charge is -2.08. The van der Waals surface area contributed by atoms with Gasteiger partial charge in [0.05, 0.1) is 0 Å². The second kappa shape index (κ2) is 10.4. The second-order valence-corrected chi connectivity index (χ2v) is 6.15. The molecule has 0 aliphatic heterocycles. The highest BCUT2D eigenvalue weighted by Gasteiger charge is 2.05. The van der Waals surface area contributed by atoms with Crippen molar-refractivity contribution < 1.29 is 4.79 Å². The van der Waals surface area contributed by atoms with Gasteiger partial charge in [0.25, 0.3) is 5.91 Å². The summed E-state index contributed by atoms with van der Waals surface area (Å²) in [6.07, 6.45) is 8.93. The molecule has 1 aromatic carbocycles. The average Bonchev–Trinajstić information content (AvgIpc) is 2.49. The molecule has 118 valence electrons. The van der Waals surface area contributed by atoms with Crippen LogP contribution in [0, 0.1) is 0 Å². The van der Waals surface area contributed by atoms with Crippen molar-refractivity contribution in [2.45, 2.75) is 71.6 Å². The Hall–Kier alpha value is -1.31. The fourth-order valence-corrected chi connectivity index (χ4v) is 2.41. The molecule has 0 radical (unpaired) electrons. The van der Waals surface area contributed by atoms with Gasteiger partial charge in [-0.2, -0.15) is 0 Å².